The van der Waals surface area contributed by atoms with Crippen molar-refractivity contribution in [2.24, 2.45) is 0 Å². The number of aliphatic hydroxyl groups is 1. The smallest absolute Gasteiger partial charge is 0.273 e. The molecule has 0 radical (unpaired) electrons. The number of amides is 1. The number of oxazole rings is 1. The van der Waals surface area contributed by atoms with E-state index in [1.807, 2.05) is 0 Å². The van der Waals surface area contributed by atoms with Crippen LogP contribution in [0.2, 0.25) is 0 Å². The minimum atomic E-state index is -1.08. The predicted molar refractivity (Wildman–Crippen MR) is 100.0 cm³/mol. The van der Waals surface area contributed by atoms with Gasteiger partial charge in [0.1, 0.15) is 6.26 Å². The molecule has 0 aromatic carbocycles. The largest absolute Gasteiger partial charge is 0.448 e. The van der Waals surface area contributed by atoms with Crippen molar-refractivity contribution in [1.29, 1.82) is 0 Å². The average Bonchev–Trinajstić information content (AvgIpc) is 3.27. The maximum atomic E-state index is 12.4. The highest BCUT2D eigenvalue weighted by Gasteiger charge is 2.49. The van der Waals surface area contributed by atoms with Gasteiger partial charge in [0.15, 0.2) is 11.6 Å². The zero-order valence-electron chi connectivity index (χ0n) is 17.0. The number of piperidine rings is 1. The van der Waals surface area contributed by atoms with Crippen molar-refractivity contribution in [3.8, 4) is 0 Å². The van der Waals surface area contributed by atoms with E-state index in [0.717, 1.165) is 25.9 Å². The second-order valence-electron chi connectivity index (χ2n) is 8.30. The molecule has 10 heteroatoms. The van der Waals surface area contributed by atoms with Crippen molar-refractivity contribution >= 4 is 5.91 Å². The third-order valence-corrected chi connectivity index (χ3v) is 5.84. The summed E-state index contributed by atoms with van der Waals surface area (Å²) in [5, 5.41) is 21.8. The Bertz CT molecular complexity index is 868. The normalized spacial score (nSPS) is 27.2. The Morgan fingerprint density at radius 3 is 2.66 bits per heavy atom. The number of hydrogen-bond acceptors (Lipinski definition) is 9. The van der Waals surface area contributed by atoms with Gasteiger partial charge in [-0.25, -0.2) is 4.98 Å². The molecule has 2 atom stereocenters. The number of rotatable bonds is 4. The number of likely N-dealkylation sites (tertiary alicyclic amines) is 1. The topological polar surface area (TPSA) is 127 Å². The van der Waals surface area contributed by atoms with Gasteiger partial charge in [-0.2, -0.15) is 0 Å². The molecule has 4 rings (SSSR count). The van der Waals surface area contributed by atoms with Crippen molar-refractivity contribution in [3.05, 3.63) is 29.6 Å². The summed E-state index contributed by atoms with van der Waals surface area (Å²) in [6.45, 7) is 7.69. The molecule has 0 aliphatic carbocycles. The van der Waals surface area contributed by atoms with E-state index in [2.05, 4.69) is 25.4 Å². The molecule has 10 nitrogen and oxygen atoms in total. The van der Waals surface area contributed by atoms with E-state index in [4.69, 9.17) is 13.6 Å². The number of hydrogen-bond donors (Lipinski definition) is 2. The van der Waals surface area contributed by atoms with Gasteiger partial charge in [-0.1, -0.05) is 0 Å². The number of ether oxygens (including phenoxy) is 1. The zero-order valence-corrected chi connectivity index (χ0v) is 17.0. The van der Waals surface area contributed by atoms with Crippen molar-refractivity contribution in [2.45, 2.75) is 63.8 Å². The lowest BCUT2D eigenvalue weighted by Gasteiger charge is -2.51. The quantitative estimate of drug-likeness (QED) is 0.765. The van der Waals surface area contributed by atoms with Gasteiger partial charge in [-0.15, -0.1) is 10.2 Å². The average molecular weight is 405 g/mol. The molecule has 2 N–H and O–H groups in total. The number of aromatic nitrogens is 3. The maximum Gasteiger partial charge on any atom is 0.273 e. The summed E-state index contributed by atoms with van der Waals surface area (Å²) >= 11 is 0. The van der Waals surface area contributed by atoms with E-state index in [1.54, 1.807) is 20.8 Å². The second-order valence-corrected chi connectivity index (χ2v) is 8.30. The first kappa shape index (κ1) is 20.0. The lowest BCUT2D eigenvalue weighted by atomic mass is 9.75. The molecule has 2 saturated heterocycles. The first-order chi connectivity index (χ1) is 13.7. The van der Waals surface area contributed by atoms with Gasteiger partial charge in [0.25, 0.3) is 5.91 Å². The van der Waals surface area contributed by atoms with Crippen LogP contribution < -0.4 is 5.32 Å². The van der Waals surface area contributed by atoms with Crippen LogP contribution in [0.4, 0.5) is 0 Å². The number of carbonyl (C=O) groups excluding carboxylic acids is 1. The maximum absolute atomic E-state index is 12.4. The number of carbonyl (C=O) groups is 1. The molecule has 0 unspecified atom stereocenters. The second kappa shape index (κ2) is 7.51. The minimum absolute atomic E-state index is 0.197. The van der Waals surface area contributed by atoms with Crippen LogP contribution in [0.5, 0.6) is 0 Å². The molecule has 29 heavy (non-hydrogen) atoms. The lowest BCUT2D eigenvalue weighted by molar-refractivity contribution is -0.186. The Morgan fingerprint density at radius 2 is 2.07 bits per heavy atom. The Hall–Kier alpha value is -2.30. The summed E-state index contributed by atoms with van der Waals surface area (Å²) in [6, 6.07) is -0.517. The standard InChI is InChI=1S/C19H27N5O5/c1-12-20-14(9-27-12)17(25)21-15-10-28-19(11-18(15,3)26)4-6-24(7-5-19)8-16-23-22-13(2)29-16/h9,15,26H,4-8,10-11H2,1-3H3,(H,21,25)/t15-,18-/m0/s1. The van der Waals surface area contributed by atoms with Gasteiger partial charge in [-0.05, 0) is 19.8 Å². The van der Waals surface area contributed by atoms with Crippen LogP contribution in [-0.2, 0) is 11.3 Å². The molecule has 1 spiro atoms. The van der Waals surface area contributed by atoms with Crippen LogP contribution in [0.25, 0.3) is 0 Å². The molecule has 2 aliphatic heterocycles. The minimum Gasteiger partial charge on any atom is -0.448 e. The van der Waals surface area contributed by atoms with Gasteiger partial charge in [0, 0.05) is 33.4 Å². The fourth-order valence-corrected chi connectivity index (χ4v) is 4.20. The molecule has 2 aromatic rings. The molecule has 0 bridgehead atoms. The molecule has 1 amide bonds. The lowest BCUT2D eigenvalue weighted by Crippen LogP contribution is -2.63. The summed E-state index contributed by atoms with van der Waals surface area (Å²) < 4.78 is 16.7. The Kier molecular flexibility index (Phi) is 5.18. The summed E-state index contributed by atoms with van der Waals surface area (Å²) in [4.78, 5) is 18.6. The van der Waals surface area contributed by atoms with Crippen molar-refractivity contribution < 1.29 is 23.5 Å². The molecule has 4 heterocycles. The monoisotopic (exact) mass is 405 g/mol. The SMILES string of the molecule is Cc1nc(C(=O)N[C@H]2COC3(CCN(Cc4nnc(C)o4)CC3)C[C@]2(C)O)co1. The van der Waals surface area contributed by atoms with Crippen molar-refractivity contribution in [2.75, 3.05) is 19.7 Å². The molecule has 2 fully saturated rings. The van der Waals surface area contributed by atoms with Gasteiger partial charge in [0.2, 0.25) is 11.8 Å². The first-order valence-electron chi connectivity index (χ1n) is 9.85. The molecule has 2 aliphatic rings. The van der Waals surface area contributed by atoms with Gasteiger partial charge < -0.3 is 24.0 Å². The fraction of sp³-hybridized carbons (Fsp3) is 0.684. The van der Waals surface area contributed by atoms with E-state index >= 15 is 0 Å². The highest BCUT2D eigenvalue weighted by molar-refractivity contribution is 5.92. The van der Waals surface area contributed by atoms with Gasteiger partial charge in [-0.3, -0.25) is 9.69 Å². The highest BCUT2D eigenvalue weighted by Crippen LogP contribution is 2.39. The molecule has 0 saturated carbocycles. The third-order valence-electron chi connectivity index (χ3n) is 5.84. The molecule has 2 aromatic heterocycles. The van der Waals surface area contributed by atoms with E-state index in [0.29, 0.717) is 30.6 Å². The third kappa shape index (κ3) is 4.34. The predicted octanol–water partition coefficient (Wildman–Crippen LogP) is 0.979. The Balaban J connectivity index is 1.33. The van der Waals surface area contributed by atoms with Crippen molar-refractivity contribution in [1.82, 2.24) is 25.4 Å². The van der Waals surface area contributed by atoms with E-state index in [-0.39, 0.29) is 18.2 Å². The van der Waals surface area contributed by atoms with E-state index < -0.39 is 17.2 Å². The van der Waals surface area contributed by atoms with Crippen LogP contribution in [0.15, 0.2) is 15.1 Å². The first-order valence-corrected chi connectivity index (χ1v) is 9.85. The summed E-state index contributed by atoms with van der Waals surface area (Å²) in [5.41, 5.74) is -1.28. The van der Waals surface area contributed by atoms with Crippen molar-refractivity contribution in [3.63, 3.8) is 0 Å². The van der Waals surface area contributed by atoms with Gasteiger partial charge in [0.05, 0.1) is 30.4 Å². The van der Waals surface area contributed by atoms with E-state index in [9.17, 15) is 9.90 Å². The summed E-state index contributed by atoms with van der Waals surface area (Å²) in [7, 11) is 0. The summed E-state index contributed by atoms with van der Waals surface area (Å²) in [6.07, 6.45) is 3.35. The number of aryl methyl sites for hydroxylation is 2. The number of nitrogens with one attached hydrogen (secondary N) is 1. The van der Waals surface area contributed by atoms with Crippen LogP contribution in [0, 0.1) is 13.8 Å². The zero-order chi connectivity index (χ0) is 20.6. The number of nitrogens with zero attached hydrogens (tertiary/aromatic N) is 4. The van der Waals surface area contributed by atoms with Crippen LogP contribution in [0.1, 0.15) is 54.3 Å². The Labute approximate surface area is 168 Å². The van der Waals surface area contributed by atoms with E-state index in [1.165, 1.54) is 6.26 Å². The highest BCUT2D eigenvalue weighted by atomic mass is 16.5. The Morgan fingerprint density at radius 1 is 1.31 bits per heavy atom. The summed E-state index contributed by atoms with van der Waals surface area (Å²) in [5.74, 6) is 1.22. The van der Waals surface area contributed by atoms with Gasteiger partial charge >= 0.3 is 0 Å². The van der Waals surface area contributed by atoms with Crippen LogP contribution in [-0.4, -0.2) is 68.0 Å². The molecular weight excluding hydrogens is 378 g/mol. The fourth-order valence-electron chi connectivity index (χ4n) is 4.20. The van der Waals surface area contributed by atoms with Crippen LogP contribution >= 0.6 is 0 Å². The molecular formula is C19H27N5O5. The van der Waals surface area contributed by atoms with Crippen LogP contribution in [0.3, 0.4) is 0 Å². The molecule has 158 valence electrons.